The number of aromatic nitrogens is 2. The number of carbonyl (C=O) groups excluding carboxylic acids is 2. The van der Waals surface area contributed by atoms with Gasteiger partial charge in [0.05, 0.1) is 32.4 Å². The number of anilines is 3. The van der Waals surface area contributed by atoms with Crippen molar-refractivity contribution < 1.29 is 23.7 Å². The molecule has 0 saturated carbocycles. The van der Waals surface area contributed by atoms with Crippen molar-refractivity contribution in [3.05, 3.63) is 60.1 Å². The number of quaternary nitrogens is 1. The molecule has 3 heterocycles. The predicted octanol–water partition coefficient (Wildman–Crippen LogP) is 3.57. The van der Waals surface area contributed by atoms with Gasteiger partial charge in [-0.1, -0.05) is 25.9 Å². The van der Waals surface area contributed by atoms with Crippen LogP contribution in [0.2, 0.25) is 0 Å². The highest BCUT2D eigenvalue weighted by molar-refractivity contribution is 6.03. The molecule has 4 rings (SSSR count). The van der Waals surface area contributed by atoms with Crippen LogP contribution < -0.4 is 25.6 Å². The highest BCUT2D eigenvalue weighted by Gasteiger charge is 2.25. The molecule has 196 valence electrons. The Labute approximate surface area is 216 Å². The van der Waals surface area contributed by atoms with E-state index in [4.69, 9.17) is 9.26 Å². The third-order valence-corrected chi connectivity index (χ3v) is 6.33. The Bertz CT molecular complexity index is 1200. The molecule has 2 aromatic heterocycles. The van der Waals surface area contributed by atoms with Gasteiger partial charge in [-0.15, -0.1) is 0 Å². The molecule has 1 aliphatic heterocycles. The summed E-state index contributed by atoms with van der Waals surface area (Å²) >= 11 is 0. The van der Waals surface area contributed by atoms with Crippen LogP contribution in [0.25, 0.3) is 0 Å². The maximum absolute atomic E-state index is 12.6. The molecule has 1 saturated heterocycles. The Morgan fingerprint density at radius 2 is 1.81 bits per heavy atom. The second-order valence-electron chi connectivity index (χ2n) is 10.3. The molecule has 0 aliphatic carbocycles. The summed E-state index contributed by atoms with van der Waals surface area (Å²) < 4.78 is 11.1. The molecule has 1 aromatic carbocycles. The SMILES string of the molecule is CC[NH+]1CCC(COc2ccc(C(=O)Nc3ccc(NC(=O)Nc4cc(C(C)(C)C)on4)cc3)nc2)C1. The Kier molecular flexibility index (Phi) is 8.08. The van der Waals surface area contributed by atoms with Crippen LogP contribution in [0.1, 0.15) is 50.4 Å². The molecule has 10 heteroatoms. The number of likely N-dealkylation sites (tertiary alicyclic amines) is 1. The van der Waals surface area contributed by atoms with E-state index >= 15 is 0 Å². The van der Waals surface area contributed by atoms with Crippen molar-refractivity contribution in [1.82, 2.24) is 10.1 Å². The van der Waals surface area contributed by atoms with Crippen LogP contribution in [-0.2, 0) is 5.41 Å². The quantitative estimate of drug-likeness (QED) is 0.370. The number of ether oxygens (including phenoxy) is 1. The molecule has 4 N–H and O–H groups in total. The van der Waals surface area contributed by atoms with E-state index < -0.39 is 6.03 Å². The first kappa shape index (κ1) is 26.2. The molecule has 0 bridgehead atoms. The topological polar surface area (TPSA) is 123 Å². The zero-order valence-corrected chi connectivity index (χ0v) is 21.8. The van der Waals surface area contributed by atoms with E-state index in [1.54, 1.807) is 53.6 Å². The van der Waals surface area contributed by atoms with Crippen molar-refractivity contribution >= 4 is 29.1 Å². The smallest absolute Gasteiger partial charge is 0.324 e. The Hall–Kier alpha value is -3.92. The Balaban J connectivity index is 1.24. The second-order valence-corrected chi connectivity index (χ2v) is 10.3. The van der Waals surface area contributed by atoms with Crippen LogP contribution >= 0.6 is 0 Å². The summed E-state index contributed by atoms with van der Waals surface area (Å²) in [5, 5.41) is 12.0. The number of amides is 3. The number of pyridine rings is 1. The molecule has 37 heavy (non-hydrogen) atoms. The second kappa shape index (κ2) is 11.4. The molecule has 0 radical (unpaired) electrons. The summed E-state index contributed by atoms with van der Waals surface area (Å²) in [5.41, 5.74) is 1.22. The highest BCUT2D eigenvalue weighted by atomic mass is 16.5. The molecule has 10 nitrogen and oxygen atoms in total. The lowest BCUT2D eigenvalue weighted by Crippen LogP contribution is -3.09. The van der Waals surface area contributed by atoms with Crippen molar-refractivity contribution in [3.63, 3.8) is 0 Å². The van der Waals surface area contributed by atoms with Crippen molar-refractivity contribution in [2.45, 2.75) is 39.5 Å². The van der Waals surface area contributed by atoms with Crippen molar-refractivity contribution in [2.24, 2.45) is 5.92 Å². The van der Waals surface area contributed by atoms with Crippen molar-refractivity contribution in [3.8, 4) is 5.75 Å². The number of urea groups is 1. The third-order valence-electron chi connectivity index (χ3n) is 6.33. The lowest BCUT2D eigenvalue weighted by Gasteiger charge is -2.12. The van der Waals surface area contributed by atoms with Gasteiger partial charge in [0, 0.05) is 35.2 Å². The fourth-order valence-electron chi connectivity index (χ4n) is 4.10. The summed E-state index contributed by atoms with van der Waals surface area (Å²) in [5.74, 6) is 1.90. The predicted molar refractivity (Wildman–Crippen MR) is 141 cm³/mol. The molecule has 3 amide bonds. The van der Waals surface area contributed by atoms with Gasteiger partial charge >= 0.3 is 6.03 Å². The molecule has 2 atom stereocenters. The first-order valence-corrected chi connectivity index (χ1v) is 12.6. The van der Waals surface area contributed by atoms with Crippen LogP contribution in [-0.4, -0.2) is 48.3 Å². The first-order valence-electron chi connectivity index (χ1n) is 12.6. The summed E-state index contributed by atoms with van der Waals surface area (Å²) in [6.07, 6.45) is 2.76. The van der Waals surface area contributed by atoms with Gasteiger partial charge in [-0.2, -0.15) is 0 Å². The summed E-state index contributed by atoms with van der Waals surface area (Å²) in [6, 6.07) is 11.4. The average Bonchev–Trinajstić information content (AvgIpc) is 3.54. The molecule has 2 unspecified atom stereocenters. The van der Waals surface area contributed by atoms with Crippen LogP contribution in [0.5, 0.6) is 5.75 Å². The van der Waals surface area contributed by atoms with Gasteiger partial charge in [-0.25, -0.2) is 9.78 Å². The number of carbonyl (C=O) groups is 2. The maximum Gasteiger partial charge on any atom is 0.324 e. The molecule has 1 fully saturated rings. The van der Waals surface area contributed by atoms with Crippen molar-refractivity contribution in [1.29, 1.82) is 0 Å². The number of hydrogen-bond acceptors (Lipinski definition) is 6. The van der Waals surface area contributed by atoms with Gasteiger partial charge in [-0.3, -0.25) is 10.1 Å². The fourth-order valence-corrected chi connectivity index (χ4v) is 4.10. The van der Waals surface area contributed by atoms with E-state index in [9.17, 15) is 9.59 Å². The van der Waals surface area contributed by atoms with E-state index in [1.807, 2.05) is 20.8 Å². The number of hydrogen-bond donors (Lipinski definition) is 4. The maximum atomic E-state index is 12.6. The first-order chi connectivity index (χ1) is 17.7. The van der Waals surface area contributed by atoms with E-state index in [0.717, 1.165) is 13.1 Å². The van der Waals surface area contributed by atoms with Crippen LogP contribution in [0.3, 0.4) is 0 Å². The van der Waals surface area contributed by atoms with Gasteiger partial charge in [0.15, 0.2) is 5.82 Å². The molecule has 0 spiro atoms. The van der Waals surface area contributed by atoms with E-state index in [0.29, 0.717) is 46.9 Å². The molecular weight excluding hydrogens is 472 g/mol. The highest BCUT2D eigenvalue weighted by Crippen LogP contribution is 2.24. The van der Waals surface area contributed by atoms with E-state index in [2.05, 4.69) is 33.0 Å². The molecular formula is C27H35N6O4+. The summed E-state index contributed by atoms with van der Waals surface area (Å²) in [6.45, 7) is 12.4. The van der Waals surface area contributed by atoms with Gasteiger partial charge < -0.3 is 24.8 Å². The minimum Gasteiger partial charge on any atom is -0.491 e. The largest absolute Gasteiger partial charge is 0.491 e. The fraction of sp³-hybridized carbons (Fsp3) is 0.407. The number of nitrogens with one attached hydrogen (secondary N) is 4. The van der Waals surface area contributed by atoms with Gasteiger partial charge in [0.25, 0.3) is 5.91 Å². The number of benzene rings is 1. The third kappa shape index (κ3) is 7.29. The summed E-state index contributed by atoms with van der Waals surface area (Å²) in [4.78, 5) is 30.7. The monoisotopic (exact) mass is 507 g/mol. The minimum absolute atomic E-state index is 0.206. The Morgan fingerprint density at radius 3 is 2.41 bits per heavy atom. The van der Waals surface area contributed by atoms with Crippen LogP contribution in [0.15, 0.2) is 53.2 Å². The normalized spacial score (nSPS) is 17.3. The zero-order chi connectivity index (χ0) is 26.4. The number of nitrogens with zero attached hydrogens (tertiary/aromatic N) is 2. The zero-order valence-electron chi connectivity index (χ0n) is 21.8. The van der Waals surface area contributed by atoms with Crippen LogP contribution in [0, 0.1) is 5.92 Å². The van der Waals surface area contributed by atoms with E-state index in [1.165, 1.54) is 13.0 Å². The van der Waals surface area contributed by atoms with Gasteiger partial charge in [-0.05, 0) is 43.3 Å². The van der Waals surface area contributed by atoms with Crippen LogP contribution in [0.4, 0.5) is 22.0 Å². The standard InChI is InChI=1S/C27H34N6O4/c1-5-33-13-12-18(16-33)17-36-21-10-11-22(28-15-21)25(34)29-19-6-8-20(9-7-19)30-26(35)31-24-14-23(37-32-24)27(2,3)4/h6-11,14-15,18H,5,12-13,16-17H2,1-4H3,(H,29,34)(H2,30,31,32,35)/p+1. The van der Waals surface area contributed by atoms with Crippen molar-refractivity contribution in [2.75, 3.05) is 42.2 Å². The lowest BCUT2D eigenvalue weighted by atomic mass is 9.93. The molecule has 3 aromatic rings. The lowest BCUT2D eigenvalue weighted by molar-refractivity contribution is -0.887. The van der Waals surface area contributed by atoms with Gasteiger partial charge in [0.1, 0.15) is 17.2 Å². The Morgan fingerprint density at radius 1 is 1.08 bits per heavy atom. The van der Waals surface area contributed by atoms with E-state index in [-0.39, 0.29) is 11.3 Å². The minimum atomic E-state index is -0.450. The summed E-state index contributed by atoms with van der Waals surface area (Å²) in [7, 11) is 0. The molecule has 1 aliphatic rings. The van der Waals surface area contributed by atoms with Gasteiger partial charge in [0.2, 0.25) is 0 Å². The number of rotatable bonds is 8. The average molecular weight is 508 g/mol.